The molecule has 0 bridgehead atoms. The molecule has 0 radical (unpaired) electrons. The number of amides is 3. The molecule has 0 unspecified atom stereocenters. The minimum atomic E-state index is -0.164. The van der Waals surface area contributed by atoms with Crippen molar-refractivity contribution in [2.24, 2.45) is 0 Å². The zero-order valence-corrected chi connectivity index (χ0v) is 18.4. The number of carbonyl (C=O) groups is 3. The Bertz CT molecular complexity index is 1110. The molecule has 1 aromatic carbocycles. The second kappa shape index (κ2) is 9.38. The molecule has 1 aliphatic heterocycles. The third-order valence-electron chi connectivity index (χ3n) is 4.61. The number of thiophene rings is 1. The minimum Gasteiger partial charge on any atom is -0.326 e. The van der Waals surface area contributed by atoms with Gasteiger partial charge < -0.3 is 10.6 Å². The second-order valence-electron chi connectivity index (χ2n) is 7.09. The van der Waals surface area contributed by atoms with Gasteiger partial charge in [-0.05, 0) is 29.6 Å². The van der Waals surface area contributed by atoms with Gasteiger partial charge in [0.1, 0.15) is 0 Å². The van der Waals surface area contributed by atoms with E-state index in [0.29, 0.717) is 34.5 Å². The van der Waals surface area contributed by atoms with Crippen LogP contribution in [0, 0.1) is 0 Å². The molecule has 4 rings (SSSR count). The number of fused-ring (bicyclic) bond motifs is 1. The fraction of sp³-hybridized carbons (Fsp3) is 0.238. The molecule has 31 heavy (non-hydrogen) atoms. The van der Waals surface area contributed by atoms with Crippen LogP contribution in [0.5, 0.6) is 0 Å². The van der Waals surface area contributed by atoms with Crippen molar-refractivity contribution in [3.05, 3.63) is 57.2 Å². The zero-order valence-electron chi connectivity index (χ0n) is 16.8. The van der Waals surface area contributed by atoms with Crippen LogP contribution >= 0.6 is 22.7 Å². The number of rotatable bonds is 6. The van der Waals surface area contributed by atoms with E-state index in [9.17, 15) is 14.4 Å². The predicted octanol–water partition coefficient (Wildman–Crippen LogP) is 3.41. The largest absolute Gasteiger partial charge is 0.326 e. The summed E-state index contributed by atoms with van der Waals surface area (Å²) in [6.45, 7) is 3.02. The molecule has 3 N–H and O–H groups in total. The van der Waals surface area contributed by atoms with Crippen molar-refractivity contribution in [3.63, 3.8) is 0 Å². The normalized spacial score (nSPS) is 13.3. The molecule has 1 aliphatic rings. The average molecular weight is 456 g/mol. The SMILES string of the molecule is CC(=O)Nc1cccc(NC(=O)CN2CCc3nc(NC(=O)c4cccs4)sc3C2)c1. The van der Waals surface area contributed by atoms with Crippen molar-refractivity contribution < 1.29 is 14.4 Å². The summed E-state index contributed by atoms with van der Waals surface area (Å²) in [5, 5.41) is 10.9. The van der Waals surface area contributed by atoms with Gasteiger partial charge in [-0.3, -0.25) is 24.6 Å². The first-order chi connectivity index (χ1) is 15.0. The predicted molar refractivity (Wildman–Crippen MR) is 123 cm³/mol. The average Bonchev–Trinajstić information content (AvgIpc) is 3.36. The highest BCUT2D eigenvalue weighted by Crippen LogP contribution is 2.29. The Kier molecular flexibility index (Phi) is 6.40. The summed E-state index contributed by atoms with van der Waals surface area (Å²) in [4.78, 5) is 44.2. The van der Waals surface area contributed by atoms with Gasteiger partial charge in [0.25, 0.3) is 5.91 Å². The van der Waals surface area contributed by atoms with E-state index in [2.05, 4.69) is 25.8 Å². The van der Waals surface area contributed by atoms with Gasteiger partial charge in [-0.1, -0.05) is 12.1 Å². The van der Waals surface area contributed by atoms with E-state index in [1.165, 1.54) is 29.6 Å². The molecule has 0 saturated carbocycles. The third kappa shape index (κ3) is 5.54. The number of nitrogens with zero attached hydrogens (tertiary/aromatic N) is 2. The Balaban J connectivity index is 1.33. The molecule has 3 heterocycles. The highest BCUT2D eigenvalue weighted by atomic mass is 32.1. The number of anilines is 3. The quantitative estimate of drug-likeness (QED) is 0.529. The molecular formula is C21H21N5O3S2. The number of aromatic nitrogens is 1. The van der Waals surface area contributed by atoms with Crippen LogP contribution in [0.15, 0.2) is 41.8 Å². The maximum Gasteiger partial charge on any atom is 0.267 e. The van der Waals surface area contributed by atoms with Gasteiger partial charge in [-0.25, -0.2) is 4.98 Å². The lowest BCUT2D eigenvalue weighted by molar-refractivity contribution is -0.117. The van der Waals surface area contributed by atoms with Crippen molar-refractivity contribution in [2.45, 2.75) is 19.9 Å². The molecule has 3 aromatic rings. The molecule has 0 atom stereocenters. The van der Waals surface area contributed by atoms with Gasteiger partial charge in [0.05, 0.1) is 17.1 Å². The van der Waals surface area contributed by atoms with Gasteiger partial charge in [-0.15, -0.1) is 22.7 Å². The maximum absolute atomic E-state index is 12.5. The van der Waals surface area contributed by atoms with Crippen molar-refractivity contribution in [1.29, 1.82) is 0 Å². The summed E-state index contributed by atoms with van der Waals surface area (Å²) < 4.78 is 0. The van der Waals surface area contributed by atoms with E-state index < -0.39 is 0 Å². The highest BCUT2D eigenvalue weighted by Gasteiger charge is 2.23. The van der Waals surface area contributed by atoms with E-state index >= 15 is 0 Å². The van der Waals surface area contributed by atoms with E-state index in [1.54, 1.807) is 30.3 Å². The summed E-state index contributed by atoms with van der Waals surface area (Å²) in [6.07, 6.45) is 0.728. The molecule has 3 amide bonds. The maximum atomic E-state index is 12.5. The lowest BCUT2D eigenvalue weighted by Gasteiger charge is -2.25. The number of hydrogen-bond acceptors (Lipinski definition) is 7. The van der Waals surface area contributed by atoms with Gasteiger partial charge in [0.15, 0.2) is 5.13 Å². The van der Waals surface area contributed by atoms with Crippen LogP contribution in [0.2, 0.25) is 0 Å². The van der Waals surface area contributed by atoms with Crippen molar-refractivity contribution in [3.8, 4) is 0 Å². The Hall–Kier alpha value is -3.08. The molecule has 8 nitrogen and oxygen atoms in total. The fourth-order valence-corrected chi connectivity index (χ4v) is 4.95. The van der Waals surface area contributed by atoms with Crippen molar-refractivity contribution in [1.82, 2.24) is 9.88 Å². The molecule has 0 fully saturated rings. The smallest absolute Gasteiger partial charge is 0.267 e. The van der Waals surface area contributed by atoms with E-state index in [1.807, 2.05) is 11.4 Å². The molecule has 0 saturated heterocycles. The summed E-state index contributed by atoms with van der Waals surface area (Å²) >= 11 is 2.84. The molecule has 0 aliphatic carbocycles. The first-order valence-corrected chi connectivity index (χ1v) is 11.4. The Labute approximate surface area is 187 Å². The Morgan fingerprint density at radius 3 is 2.65 bits per heavy atom. The van der Waals surface area contributed by atoms with Crippen LogP contribution in [0.1, 0.15) is 27.2 Å². The summed E-state index contributed by atoms with van der Waals surface area (Å²) in [7, 11) is 0. The number of benzene rings is 1. The first kappa shape index (κ1) is 21.2. The molecular weight excluding hydrogens is 434 g/mol. The van der Waals surface area contributed by atoms with Crippen molar-refractivity contribution in [2.75, 3.05) is 29.0 Å². The standard InChI is InChI=1S/C21H21N5O3S2/c1-13(27)22-14-4-2-5-15(10-14)23-19(28)12-26-8-7-16-18(11-26)31-21(24-16)25-20(29)17-6-3-9-30-17/h2-6,9-10H,7-8,11-12H2,1H3,(H,22,27)(H,23,28)(H,24,25,29). The second-order valence-corrected chi connectivity index (χ2v) is 9.12. The van der Waals surface area contributed by atoms with E-state index in [0.717, 1.165) is 17.0 Å². The first-order valence-electron chi connectivity index (χ1n) is 9.69. The molecule has 0 spiro atoms. The van der Waals surface area contributed by atoms with Crippen LogP contribution in [0.4, 0.5) is 16.5 Å². The van der Waals surface area contributed by atoms with Crippen LogP contribution in [0.25, 0.3) is 0 Å². The molecule has 160 valence electrons. The lowest BCUT2D eigenvalue weighted by Crippen LogP contribution is -2.36. The van der Waals surface area contributed by atoms with Gasteiger partial charge in [0.2, 0.25) is 11.8 Å². The fourth-order valence-electron chi connectivity index (χ4n) is 3.28. The van der Waals surface area contributed by atoms with Crippen LogP contribution in [-0.4, -0.2) is 40.7 Å². The van der Waals surface area contributed by atoms with E-state index in [4.69, 9.17) is 0 Å². The van der Waals surface area contributed by atoms with Gasteiger partial charge in [0, 0.05) is 42.7 Å². The highest BCUT2D eigenvalue weighted by molar-refractivity contribution is 7.16. The lowest BCUT2D eigenvalue weighted by atomic mass is 10.2. The Morgan fingerprint density at radius 1 is 1.10 bits per heavy atom. The number of nitrogens with one attached hydrogen (secondary N) is 3. The number of carbonyl (C=O) groups excluding carboxylic acids is 3. The summed E-state index contributed by atoms with van der Waals surface area (Å²) in [5.41, 5.74) is 2.24. The number of hydrogen-bond donors (Lipinski definition) is 3. The van der Waals surface area contributed by atoms with Crippen LogP contribution in [0.3, 0.4) is 0 Å². The third-order valence-corrected chi connectivity index (χ3v) is 6.48. The monoisotopic (exact) mass is 455 g/mol. The number of thiazole rings is 1. The van der Waals surface area contributed by atoms with Gasteiger partial charge >= 0.3 is 0 Å². The summed E-state index contributed by atoms with van der Waals surface area (Å²) in [5.74, 6) is -0.443. The van der Waals surface area contributed by atoms with E-state index in [-0.39, 0.29) is 24.3 Å². The van der Waals surface area contributed by atoms with Crippen molar-refractivity contribution >= 4 is 56.9 Å². The zero-order chi connectivity index (χ0) is 21.8. The Morgan fingerprint density at radius 2 is 1.90 bits per heavy atom. The molecule has 2 aromatic heterocycles. The van der Waals surface area contributed by atoms with Crippen LogP contribution < -0.4 is 16.0 Å². The summed E-state index contributed by atoms with van der Waals surface area (Å²) in [6, 6.07) is 10.7. The topological polar surface area (TPSA) is 103 Å². The van der Waals surface area contributed by atoms with Crippen LogP contribution in [-0.2, 0) is 22.6 Å². The molecule has 10 heteroatoms. The minimum absolute atomic E-state index is 0.126. The van der Waals surface area contributed by atoms with Gasteiger partial charge in [-0.2, -0.15) is 0 Å².